The van der Waals surface area contributed by atoms with Gasteiger partial charge in [-0.3, -0.25) is 0 Å². The molecule has 5 nitrogen and oxygen atoms in total. The molecule has 2 heterocycles. The van der Waals surface area contributed by atoms with Crippen molar-refractivity contribution in [3.63, 3.8) is 0 Å². The molecule has 0 amide bonds. The molecule has 1 N–H and O–H groups in total. The highest BCUT2D eigenvalue weighted by Crippen LogP contribution is 2.29. The first-order chi connectivity index (χ1) is 11.3. The SMILES string of the molecule is COc1cc(CO[C@H]2CNCC[C@@H]2c2ccoc2)cc(OC)c1. The maximum absolute atomic E-state index is 6.19. The van der Waals surface area contributed by atoms with Gasteiger partial charge in [0.05, 0.1) is 39.5 Å². The van der Waals surface area contributed by atoms with E-state index in [9.17, 15) is 0 Å². The van der Waals surface area contributed by atoms with Crippen LogP contribution < -0.4 is 14.8 Å². The van der Waals surface area contributed by atoms with Crippen molar-refractivity contribution in [3.8, 4) is 11.5 Å². The van der Waals surface area contributed by atoms with Gasteiger partial charge >= 0.3 is 0 Å². The van der Waals surface area contributed by atoms with Crippen LogP contribution >= 0.6 is 0 Å². The highest BCUT2D eigenvalue weighted by Gasteiger charge is 2.27. The number of ether oxygens (including phenoxy) is 3. The summed E-state index contributed by atoms with van der Waals surface area (Å²) in [5, 5.41) is 3.40. The van der Waals surface area contributed by atoms with Crippen molar-refractivity contribution in [3.05, 3.63) is 47.9 Å². The van der Waals surface area contributed by atoms with E-state index in [1.165, 1.54) is 5.56 Å². The Hall–Kier alpha value is -1.98. The van der Waals surface area contributed by atoms with Crippen molar-refractivity contribution in [1.82, 2.24) is 5.32 Å². The summed E-state index contributed by atoms with van der Waals surface area (Å²) >= 11 is 0. The van der Waals surface area contributed by atoms with Gasteiger partial charge in [-0.15, -0.1) is 0 Å². The van der Waals surface area contributed by atoms with Crippen LogP contribution in [0.15, 0.2) is 41.2 Å². The normalized spacial score (nSPS) is 21.1. The van der Waals surface area contributed by atoms with E-state index in [-0.39, 0.29) is 6.10 Å². The number of hydrogen-bond donors (Lipinski definition) is 1. The summed E-state index contributed by atoms with van der Waals surface area (Å²) in [6.07, 6.45) is 4.71. The molecule has 0 unspecified atom stereocenters. The molecule has 2 aromatic rings. The quantitative estimate of drug-likeness (QED) is 0.888. The molecule has 1 saturated heterocycles. The van der Waals surface area contributed by atoms with E-state index in [0.29, 0.717) is 12.5 Å². The van der Waals surface area contributed by atoms with Crippen LogP contribution in [0.2, 0.25) is 0 Å². The summed E-state index contributed by atoms with van der Waals surface area (Å²) in [4.78, 5) is 0. The predicted molar refractivity (Wildman–Crippen MR) is 87.1 cm³/mol. The van der Waals surface area contributed by atoms with Gasteiger partial charge in [0, 0.05) is 18.5 Å². The number of hydrogen-bond acceptors (Lipinski definition) is 5. The Labute approximate surface area is 136 Å². The summed E-state index contributed by atoms with van der Waals surface area (Å²) in [5.41, 5.74) is 2.25. The largest absolute Gasteiger partial charge is 0.497 e. The number of benzene rings is 1. The number of nitrogens with one attached hydrogen (secondary N) is 1. The van der Waals surface area contributed by atoms with Crippen molar-refractivity contribution >= 4 is 0 Å². The van der Waals surface area contributed by atoms with Crippen LogP contribution in [0.1, 0.15) is 23.5 Å². The number of methoxy groups -OCH3 is 2. The predicted octanol–water partition coefficient (Wildman–Crippen LogP) is 2.96. The van der Waals surface area contributed by atoms with Crippen LogP contribution in [0.4, 0.5) is 0 Å². The highest BCUT2D eigenvalue weighted by molar-refractivity contribution is 5.38. The van der Waals surface area contributed by atoms with Crippen molar-refractivity contribution in [2.45, 2.75) is 25.0 Å². The third-order valence-corrected chi connectivity index (χ3v) is 4.27. The van der Waals surface area contributed by atoms with Gasteiger partial charge in [-0.1, -0.05) is 0 Å². The summed E-state index contributed by atoms with van der Waals surface area (Å²) in [7, 11) is 3.30. The van der Waals surface area contributed by atoms with E-state index < -0.39 is 0 Å². The molecule has 124 valence electrons. The van der Waals surface area contributed by atoms with E-state index in [2.05, 4.69) is 5.32 Å². The zero-order valence-electron chi connectivity index (χ0n) is 13.6. The summed E-state index contributed by atoms with van der Waals surface area (Å²) in [6.45, 7) is 2.37. The lowest BCUT2D eigenvalue weighted by Crippen LogP contribution is -2.40. The van der Waals surface area contributed by atoms with Gasteiger partial charge in [0.2, 0.25) is 0 Å². The van der Waals surface area contributed by atoms with Crippen LogP contribution in [0.5, 0.6) is 11.5 Å². The van der Waals surface area contributed by atoms with Crippen molar-refractivity contribution in [1.29, 1.82) is 0 Å². The van der Waals surface area contributed by atoms with Gasteiger partial charge in [-0.25, -0.2) is 0 Å². The second-order valence-corrected chi connectivity index (χ2v) is 5.73. The van der Waals surface area contributed by atoms with E-state index in [4.69, 9.17) is 18.6 Å². The summed E-state index contributed by atoms with van der Waals surface area (Å²) in [6, 6.07) is 7.85. The smallest absolute Gasteiger partial charge is 0.122 e. The van der Waals surface area contributed by atoms with E-state index >= 15 is 0 Å². The molecule has 23 heavy (non-hydrogen) atoms. The molecule has 3 rings (SSSR count). The summed E-state index contributed by atoms with van der Waals surface area (Å²) in [5.74, 6) is 1.91. The first-order valence-electron chi connectivity index (χ1n) is 7.86. The van der Waals surface area contributed by atoms with Crippen LogP contribution in [-0.2, 0) is 11.3 Å². The third kappa shape index (κ3) is 3.86. The highest BCUT2D eigenvalue weighted by atomic mass is 16.5. The van der Waals surface area contributed by atoms with Gasteiger partial charge < -0.3 is 23.9 Å². The monoisotopic (exact) mass is 317 g/mol. The molecule has 1 aromatic heterocycles. The van der Waals surface area contributed by atoms with E-state index in [0.717, 1.165) is 36.6 Å². The average Bonchev–Trinajstić information content (AvgIpc) is 3.14. The number of piperidine rings is 1. The molecule has 5 heteroatoms. The van der Waals surface area contributed by atoms with Crippen molar-refractivity contribution < 1.29 is 18.6 Å². The molecule has 1 aliphatic heterocycles. The fourth-order valence-corrected chi connectivity index (χ4v) is 3.03. The van der Waals surface area contributed by atoms with Crippen molar-refractivity contribution in [2.75, 3.05) is 27.3 Å². The molecule has 1 aromatic carbocycles. The molecule has 0 bridgehead atoms. The lowest BCUT2D eigenvalue weighted by atomic mass is 9.89. The molecular formula is C18H23NO4. The van der Waals surface area contributed by atoms with Crippen LogP contribution in [-0.4, -0.2) is 33.4 Å². The average molecular weight is 317 g/mol. The first-order valence-corrected chi connectivity index (χ1v) is 7.86. The van der Waals surface area contributed by atoms with Gasteiger partial charge in [0.25, 0.3) is 0 Å². The molecule has 2 atom stereocenters. The lowest BCUT2D eigenvalue weighted by Gasteiger charge is -2.31. The molecule has 0 saturated carbocycles. The molecule has 0 aliphatic carbocycles. The third-order valence-electron chi connectivity index (χ3n) is 4.27. The second-order valence-electron chi connectivity index (χ2n) is 5.73. The maximum atomic E-state index is 6.19. The zero-order valence-corrected chi connectivity index (χ0v) is 13.6. The number of rotatable bonds is 6. The molecule has 1 fully saturated rings. The fraction of sp³-hybridized carbons (Fsp3) is 0.444. The zero-order chi connectivity index (χ0) is 16.1. The van der Waals surface area contributed by atoms with Crippen molar-refractivity contribution in [2.24, 2.45) is 0 Å². The Bertz CT molecular complexity index is 589. The standard InChI is InChI=1S/C18H23NO4/c1-20-15-7-13(8-16(9-15)21-2)11-23-18-10-19-5-3-17(18)14-4-6-22-12-14/h4,6-9,12,17-19H,3,5,10-11H2,1-2H3/t17-,18+/m1/s1. The van der Waals surface area contributed by atoms with Gasteiger partial charge in [-0.05, 0) is 42.3 Å². The Morgan fingerprint density at radius 1 is 1.17 bits per heavy atom. The Morgan fingerprint density at radius 2 is 1.96 bits per heavy atom. The minimum atomic E-state index is 0.124. The Morgan fingerprint density at radius 3 is 2.61 bits per heavy atom. The minimum Gasteiger partial charge on any atom is -0.497 e. The Balaban J connectivity index is 1.68. The van der Waals surface area contributed by atoms with Gasteiger partial charge in [-0.2, -0.15) is 0 Å². The second kappa shape index (κ2) is 7.53. The number of furan rings is 1. The molecular weight excluding hydrogens is 294 g/mol. The topological polar surface area (TPSA) is 52.9 Å². The molecule has 1 aliphatic rings. The van der Waals surface area contributed by atoms with Gasteiger partial charge in [0.1, 0.15) is 11.5 Å². The lowest BCUT2D eigenvalue weighted by molar-refractivity contribution is 0.0104. The minimum absolute atomic E-state index is 0.124. The van der Waals surface area contributed by atoms with Crippen LogP contribution in [0.25, 0.3) is 0 Å². The Kier molecular flexibility index (Phi) is 5.20. The maximum Gasteiger partial charge on any atom is 0.122 e. The van der Waals surface area contributed by atoms with Crippen LogP contribution in [0, 0.1) is 0 Å². The molecule has 0 spiro atoms. The van der Waals surface area contributed by atoms with Crippen LogP contribution in [0.3, 0.4) is 0 Å². The summed E-state index contributed by atoms with van der Waals surface area (Å²) < 4.78 is 22.0. The fourth-order valence-electron chi connectivity index (χ4n) is 3.03. The van der Waals surface area contributed by atoms with Gasteiger partial charge in [0.15, 0.2) is 0 Å². The van der Waals surface area contributed by atoms with E-state index in [1.807, 2.05) is 30.5 Å². The first kappa shape index (κ1) is 15.9. The van der Waals surface area contributed by atoms with E-state index in [1.54, 1.807) is 20.5 Å². The molecule has 0 radical (unpaired) electrons.